The van der Waals surface area contributed by atoms with Gasteiger partial charge in [0.05, 0.1) is 6.54 Å². The van der Waals surface area contributed by atoms with Crippen LogP contribution in [0, 0.1) is 0 Å². The van der Waals surface area contributed by atoms with Crippen molar-refractivity contribution in [2.24, 2.45) is 0 Å². The minimum absolute atomic E-state index is 0.0432. The zero-order valence-electron chi connectivity index (χ0n) is 16.9. The van der Waals surface area contributed by atoms with E-state index in [4.69, 9.17) is 27.9 Å². The van der Waals surface area contributed by atoms with Gasteiger partial charge < -0.3 is 4.74 Å². The van der Waals surface area contributed by atoms with Gasteiger partial charge in [-0.1, -0.05) is 59.6 Å². The molecule has 0 aliphatic carbocycles. The highest BCUT2D eigenvalue weighted by Crippen LogP contribution is 2.43. The molecule has 7 heteroatoms. The van der Waals surface area contributed by atoms with Crippen molar-refractivity contribution in [3.05, 3.63) is 69.7 Å². The van der Waals surface area contributed by atoms with Crippen molar-refractivity contribution in [1.82, 2.24) is 9.80 Å². The van der Waals surface area contributed by atoms with Gasteiger partial charge >= 0.3 is 6.09 Å². The summed E-state index contributed by atoms with van der Waals surface area (Å²) in [6.07, 6.45) is -1.49. The Morgan fingerprint density at radius 2 is 1.66 bits per heavy atom. The van der Waals surface area contributed by atoms with Crippen LogP contribution >= 0.6 is 23.2 Å². The molecular formula is C22H24Cl2N2O3. The van der Waals surface area contributed by atoms with Gasteiger partial charge in [0.25, 0.3) is 0 Å². The lowest BCUT2D eigenvalue weighted by molar-refractivity contribution is -0.127. The van der Waals surface area contributed by atoms with E-state index in [1.165, 1.54) is 0 Å². The highest BCUT2D eigenvalue weighted by atomic mass is 35.5. The highest BCUT2D eigenvalue weighted by molar-refractivity contribution is 6.36. The average molecular weight is 435 g/mol. The fourth-order valence-corrected chi connectivity index (χ4v) is 4.03. The molecule has 1 saturated heterocycles. The van der Waals surface area contributed by atoms with E-state index in [0.29, 0.717) is 15.6 Å². The van der Waals surface area contributed by atoms with Gasteiger partial charge in [0.15, 0.2) is 0 Å². The standard InChI is InChI=1S/C22H24Cl2N2O3/c1-14(15-9-6-5-7-10-15)25-13-18(27)26(21(28)29-22(2,3)4)20(25)19-16(23)11-8-12-17(19)24/h5-12,14,20H,13H2,1-4H3/t14-,20?/m0/s1. The molecule has 3 rings (SSSR count). The Bertz CT molecular complexity index is 892. The Kier molecular flexibility index (Phi) is 6.22. The van der Waals surface area contributed by atoms with Crippen LogP contribution in [0.25, 0.3) is 0 Å². The SMILES string of the molecule is C[C@@H](c1ccccc1)N1CC(=O)N(C(=O)OC(C)(C)C)C1c1c(Cl)cccc1Cl. The molecule has 1 unspecified atom stereocenters. The number of hydrogen-bond acceptors (Lipinski definition) is 4. The van der Waals surface area contributed by atoms with E-state index in [1.807, 2.05) is 42.2 Å². The zero-order chi connectivity index (χ0) is 21.3. The summed E-state index contributed by atoms with van der Waals surface area (Å²) in [5.41, 5.74) is 0.778. The first-order chi connectivity index (χ1) is 13.6. The van der Waals surface area contributed by atoms with E-state index in [-0.39, 0.29) is 18.5 Å². The summed E-state index contributed by atoms with van der Waals surface area (Å²) in [7, 11) is 0. The second-order valence-corrected chi connectivity index (χ2v) is 8.83. The molecule has 29 heavy (non-hydrogen) atoms. The third kappa shape index (κ3) is 4.58. The fraction of sp³-hybridized carbons (Fsp3) is 0.364. The minimum Gasteiger partial charge on any atom is -0.443 e. The summed E-state index contributed by atoms with van der Waals surface area (Å²) in [6, 6.07) is 14.7. The molecule has 1 heterocycles. The summed E-state index contributed by atoms with van der Waals surface area (Å²) in [6.45, 7) is 7.30. The zero-order valence-corrected chi connectivity index (χ0v) is 18.4. The van der Waals surface area contributed by atoms with Crippen LogP contribution in [-0.4, -0.2) is 33.9 Å². The maximum Gasteiger partial charge on any atom is 0.418 e. The van der Waals surface area contributed by atoms with Gasteiger partial charge in [-0.15, -0.1) is 0 Å². The van der Waals surface area contributed by atoms with E-state index < -0.39 is 17.9 Å². The van der Waals surface area contributed by atoms with Crippen molar-refractivity contribution in [2.75, 3.05) is 6.54 Å². The van der Waals surface area contributed by atoms with Crippen molar-refractivity contribution < 1.29 is 14.3 Å². The van der Waals surface area contributed by atoms with E-state index in [1.54, 1.807) is 39.0 Å². The van der Waals surface area contributed by atoms with Gasteiger partial charge in [-0.25, -0.2) is 9.69 Å². The Morgan fingerprint density at radius 1 is 1.07 bits per heavy atom. The molecule has 154 valence electrons. The molecule has 1 fully saturated rings. The molecule has 2 aromatic rings. The maximum atomic E-state index is 13.0. The number of carbonyl (C=O) groups is 2. The number of benzene rings is 2. The molecule has 2 atom stereocenters. The van der Waals surface area contributed by atoms with E-state index in [9.17, 15) is 9.59 Å². The number of nitrogens with zero attached hydrogens (tertiary/aromatic N) is 2. The summed E-state index contributed by atoms with van der Waals surface area (Å²) in [4.78, 5) is 28.9. The Hall–Kier alpha value is -2.08. The summed E-state index contributed by atoms with van der Waals surface area (Å²) in [5, 5.41) is 0.770. The third-order valence-electron chi connectivity index (χ3n) is 4.77. The Balaban J connectivity index is 2.09. The quantitative estimate of drug-likeness (QED) is 0.609. The number of halogens is 2. The van der Waals surface area contributed by atoms with Crippen LogP contribution in [0.1, 0.15) is 51.0 Å². The van der Waals surface area contributed by atoms with Crippen molar-refractivity contribution >= 4 is 35.2 Å². The van der Waals surface area contributed by atoms with E-state index in [2.05, 4.69) is 0 Å². The van der Waals surface area contributed by atoms with Gasteiger partial charge in [0.2, 0.25) is 5.91 Å². The average Bonchev–Trinajstić information content (AvgIpc) is 2.97. The minimum atomic E-state index is -0.770. The molecule has 0 bridgehead atoms. The van der Waals surface area contributed by atoms with Crippen LogP contribution in [-0.2, 0) is 9.53 Å². The van der Waals surface area contributed by atoms with Crippen molar-refractivity contribution in [3.63, 3.8) is 0 Å². The molecular weight excluding hydrogens is 411 g/mol. The number of imide groups is 1. The Labute approximate surface area is 181 Å². The molecule has 2 aromatic carbocycles. The highest BCUT2D eigenvalue weighted by Gasteiger charge is 2.47. The molecule has 0 saturated carbocycles. The summed E-state index contributed by atoms with van der Waals surface area (Å²) < 4.78 is 5.51. The van der Waals surface area contributed by atoms with Crippen LogP contribution in [0.4, 0.5) is 4.79 Å². The predicted octanol–water partition coefficient (Wildman–Crippen LogP) is 5.83. The second kappa shape index (κ2) is 8.34. The molecule has 5 nitrogen and oxygen atoms in total. The molecule has 0 aromatic heterocycles. The van der Waals surface area contributed by atoms with Gasteiger partial charge in [-0.3, -0.25) is 9.69 Å². The van der Waals surface area contributed by atoms with Crippen LogP contribution in [0.3, 0.4) is 0 Å². The topological polar surface area (TPSA) is 49.9 Å². The number of ether oxygens (including phenoxy) is 1. The lowest BCUT2D eigenvalue weighted by Gasteiger charge is -2.34. The first kappa shape index (κ1) is 21.6. The number of amides is 2. The Morgan fingerprint density at radius 3 is 2.21 bits per heavy atom. The van der Waals surface area contributed by atoms with E-state index >= 15 is 0 Å². The van der Waals surface area contributed by atoms with Gasteiger partial charge in [-0.05, 0) is 45.4 Å². The maximum absolute atomic E-state index is 13.0. The predicted molar refractivity (Wildman–Crippen MR) is 114 cm³/mol. The normalized spacial score (nSPS) is 18.8. The summed E-state index contributed by atoms with van der Waals surface area (Å²) in [5.74, 6) is -0.358. The number of hydrogen-bond donors (Lipinski definition) is 0. The molecule has 0 radical (unpaired) electrons. The third-order valence-corrected chi connectivity index (χ3v) is 5.43. The van der Waals surface area contributed by atoms with Gasteiger partial charge in [0.1, 0.15) is 11.8 Å². The van der Waals surface area contributed by atoms with Crippen LogP contribution in [0.5, 0.6) is 0 Å². The van der Waals surface area contributed by atoms with Crippen molar-refractivity contribution in [3.8, 4) is 0 Å². The molecule has 1 aliphatic rings. The molecule has 0 spiro atoms. The number of carbonyl (C=O) groups excluding carboxylic acids is 2. The van der Waals surface area contributed by atoms with Crippen LogP contribution < -0.4 is 0 Å². The fourth-order valence-electron chi connectivity index (χ4n) is 3.44. The van der Waals surface area contributed by atoms with Gasteiger partial charge in [0, 0.05) is 21.7 Å². The van der Waals surface area contributed by atoms with Crippen LogP contribution in [0.2, 0.25) is 10.0 Å². The monoisotopic (exact) mass is 434 g/mol. The lowest BCUT2D eigenvalue weighted by Crippen LogP contribution is -2.41. The first-order valence-electron chi connectivity index (χ1n) is 9.40. The smallest absolute Gasteiger partial charge is 0.418 e. The molecule has 0 N–H and O–H groups in total. The first-order valence-corrected chi connectivity index (χ1v) is 10.2. The second-order valence-electron chi connectivity index (χ2n) is 8.01. The molecule has 1 aliphatic heterocycles. The van der Waals surface area contributed by atoms with Crippen LogP contribution in [0.15, 0.2) is 48.5 Å². The lowest BCUT2D eigenvalue weighted by atomic mass is 10.0. The molecule has 2 amide bonds. The van der Waals surface area contributed by atoms with E-state index in [0.717, 1.165) is 10.5 Å². The number of rotatable bonds is 3. The van der Waals surface area contributed by atoms with Crippen molar-refractivity contribution in [1.29, 1.82) is 0 Å². The van der Waals surface area contributed by atoms with Gasteiger partial charge in [-0.2, -0.15) is 0 Å². The summed E-state index contributed by atoms with van der Waals surface area (Å²) >= 11 is 13.0. The van der Waals surface area contributed by atoms with Crippen molar-refractivity contribution in [2.45, 2.75) is 45.5 Å². The largest absolute Gasteiger partial charge is 0.443 e.